The molecule has 1 aliphatic heterocycles. The molecule has 0 aromatic carbocycles. The summed E-state index contributed by atoms with van der Waals surface area (Å²) in [5.74, 6) is 1.80. The Morgan fingerprint density at radius 2 is 1.89 bits per heavy atom. The molecule has 0 spiro atoms. The first-order valence-electron chi connectivity index (χ1n) is 11.9. The molecular formula is C26H34ClN7O3. The second kappa shape index (κ2) is 13.1. The third-order valence-electron chi connectivity index (χ3n) is 5.66. The third-order valence-corrected chi connectivity index (χ3v) is 6.11. The lowest BCUT2D eigenvalue weighted by Crippen LogP contribution is -2.54. The van der Waals surface area contributed by atoms with E-state index in [1.165, 1.54) is 7.11 Å². The van der Waals surface area contributed by atoms with Crippen molar-refractivity contribution in [1.29, 1.82) is 0 Å². The molecule has 10 nitrogen and oxygen atoms in total. The number of hydrogen-bond acceptors (Lipinski definition) is 9. The smallest absolute Gasteiger partial charge is 0.246 e. The summed E-state index contributed by atoms with van der Waals surface area (Å²) in [4.78, 5) is 27.4. The number of hydrogen-bond donors (Lipinski definition) is 3. The van der Waals surface area contributed by atoms with Gasteiger partial charge in [0.15, 0.2) is 5.75 Å². The number of aromatic nitrogens is 3. The van der Waals surface area contributed by atoms with Crippen LogP contribution in [0, 0.1) is 0 Å². The first-order valence-corrected chi connectivity index (χ1v) is 12.3. The van der Waals surface area contributed by atoms with E-state index in [-0.39, 0.29) is 23.3 Å². The molecule has 1 aliphatic rings. The summed E-state index contributed by atoms with van der Waals surface area (Å²) in [6.07, 6.45) is 6.49. The van der Waals surface area contributed by atoms with Crippen LogP contribution in [0.3, 0.4) is 0 Å². The Hall–Kier alpha value is -3.63. The molecule has 0 bridgehead atoms. The third kappa shape index (κ3) is 7.93. The number of likely N-dealkylation sites (N-methyl/N-ethyl adjacent to an activating group) is 1. The Labute approximate surface area is 222 Å². The summed E-state index contributed by atoms with van der Waals surface area (Å²) < 4.78 is 10.9. The van der Waals surface area contributed by atoms with Gasteiger partial charge in [-0.3, -0.25) is 4.79 Å². The number of nitrogens with one attached hydrogen (secondary N) is 3. The van der Waals surface area contributed by atoms with Gasteiger partial charge in [0.2, 0.25) is 11.9 Å². The van der Waals surface area contributed by atoms with E-state index < -0.39 is 0 Å². The Bertz CT molecular complexity index is 1140. The van der Waals surface area contributed by atoms with Crippen molar-refractivity contribution in [3.8, 4) is 5.75 Å². The minimum atomic E-state index is -0.233. The van der Waals surface area contributed by atoms with Crippen LogP contribution in [0.5, 0.6) is 5.75 Å². The lowest BCUT2D eigenvalue weighted by molar-refractivity contribution is -0.117. The molecule has 0 saturated carbocycles. The van der Waals surface area contributed by atoms with Crippen LogP contribution in [0.2, 0.25) is 0 Å². The number of amides is 1. The van der Waals surface area contributed by atoms with Crippen molar-refractivity contribution in [1.82, 2.24) is 25.6 Å². The molecule has 3 N–H and O–H groups in total. The zero-order chi connectivity index (χ0) is 26.9. The quantitative estimate of drug-likeness (QED) is 0.242. The number of ether oxygens (including phenoxy) is 2. The van der Waals surface area contributed by atoms with Gasteiger partial charge < -0.3 is 30.3 Å². The Morgan fingerprint density at radius 3 is 2.46 bits per heavy atom. The number of rotatable bonds is 10. The summed E-state index contributed by atoms with van der Waals surface area (Å²) in [5.41, 5.74) is 1.76. The molecule has 1 amide bonds. The number of pyridine rings is 1. The van der Waals surface area contributed by atoms with E-state index in [0.717, 1.165) is 24.6 Å². The van der Waals surface area contributed by atoms with Crippen LogP contribution in [0.15, 0.2) is 65.3 Å². The second-order valence-electron chi connectivity index (χ2n) is 8.81. The number of carbonyl (C=O) groups excluding carboxylic acids is 1. The summed E-state index contributed by atoms with van der Waals surface area (Å²) in [7, 11) is 3.02. The molecule has 37 heavy (non-hydrogen) atoms. The monoisotopic (exact) mass is 527 g/mol. The standard InChI is InChI=1S/C26H34ClN7O3/c1-16(25(35)28-5)9-20(24(27)19(4)36-6)15-37-22-11-30-26(31-12-22)33-21-7-8-23(29-10-21)34-13-17(2)32-18(3)14-34/h7-12,17-18,32H,4,13-15H2,1-3,5-6H3,(H,28,35)(H,30,31,33)/b16-9+,24-20-/t17-,18+. The number of halogens is 1. The maximum Gasteiger partial charge on any atom is 0.246 e. The molecule has 0 aliphatic carbocycles. The molecule has 3 heterocycles. The van der Waals surface area contributed by atoms with Crippen molar-refractivity contribution in [2.45, 2.75) is 32.9 Å². The van der Waals surface area contributed by atoms with Gasteiger partial charge >= 0.3 is 0 Å². The molecular weight excluding hydrogens is 494 g/mol. The summed E-state index contributed by atoms with van der Waals surface area (Å²) in [6.45, 7) is 11.7. The molecule has 3 rings (SSSR count). The van der Waals surface area contributed by atoms with Gasteiger partial charge in [-0.2, -0.15) is 0 Å². The summed E-state index contributed by atoms with van der Waals surface area (Å²) in [6, 6.07) is 4.77. The molecule has 2 aromatic rings. The van der Waals surface area contributed by atoms with Crippen molar-refractivity contribution in [2.24, 2.45) is 0 Å². The van der Waals surface area contributed by atoms with E-state index in [1.807, 2.05) is 12.1 Å². The number of methoxy groups -OCH3 is 1. The fourth-order valence-corrected chi connectivity index (χ4v) is 4.05. The number of nitrogens with zero attached hydrogens (tertiary/aromatic N) is 4. The molecule has 0 unspecified atom stereocenters. The highest BCUT2D eigenvalue weighted by molar-refractivity contribution is 6.32. The van der Waals surface area contributed by atoms with E-state index >= 15 is 0 Å². The number of piperazine rings is 1. The fourth-order valence-electron chi connectivity index (χ4n) is 3.87. The van der Waals surface area contributed by atoms with Crippen LogP contribution in [0.4, 0.5) is 17.5 Å². The largest absolute Gasteiger partial charge is 0.496 e. The predicted molar refractivity (Wildman–Crippen MR) is 146 cm³/mol. The molecule has 1 saturated heterocycles. The zero-order valence-electron chi connectivity index (χ0n) is 21.8. The summed E-state index contributed by atoms with van der Waals surface area (Å²) >= 11 is 6.39. The fraction of sp³-hybridized carbons (Fsp3) is 0.385. The Balaban J connectivity index is 1.63. The maximum absolute atomic E-state index is 11.9. The van der Waals surface area contributed by atoms with Gasteiger partial charge in [0.25, 0.3) is 0 Å². The van der Waals surface area contributed by atoms with Gasteiger partial charge in [-0.1, -0.05) is 18.2 Å². The highest BCUT2D eigenvalue weighted by Crippen LogP contribution is 2.23. The van der Waals surface area contributed by atoms with Crippen molar-refractivity contribution >= 4 is 35.0 Å². The molecule has 11 heteroatoms. The van der Waals surface area contributed by atoms with Crippen LogP contribution < -0.4 is 25.6 Å². The van der Waals surface area contributed by atoms with Gasteiger partial charge in [0.05, 0.1) is 36.4 Å². The maximum atomic E-state index is 11.9. The van der Waals surface area contributed by atoms with Crippen LogP contribution in [-0.4, -0.2) is 66.8 Å². The number of allylic oxidation sites excluding steroid dienone is 1. The van der Waals surface area contributed by atoms with Gasteiger partial charge in [-0.15, -0.1) is 0 Å². The second-order valence-corrected chi connectivity index (χ2v) is 9.19. The number of anilines is 3. The minimum Gasteiger partial charge on any atom is -0.496 e. The van der Waals surface area contributed by atoms with Crippen LogP contribution in [0.1, 0.15) is 20.8 Å². The normalized spacial score (nSPS) is 18.5. The van der Waals surface area contributed by atoms with Crippen molar-refractivity contribution in [3.05, 3.63) is 65.3 Å². The lowest BCUT2D eigenvalue weighted by atomic mass is 10.1. The number of carbonyl (C=O) groups is 1. The van der Waals surface area contributed by atoms with E-state index in [0.29, 0.717) is 34.9 Å². The molecule has 0 radical (unpaired) electrons. The molecule has 198 valence electrons. The van der Waals surface area contributed by atoms with Crippen LogP contribution in [-0.2, 0) is 9.53 Å². The molecule has 1 fully saturated rings. The average molecular weight is 528 g/mol. The van der Waals surface area contributed by atoms with Crippen molar-refractivity contribution in [2.75, 3.05) is 44.1 Å². The first-order chi connectivity index (χ1) is 17.7. The Morgan fingerprint density at radius 1 is 1.22 bits per heavy atom. The average Bonchev–Trinajstić information content (AvgIpc) is 2.90. The predicted octanol–water partition coefficient (Wildman–Crippen LogP) is 3.53. The van der Waals surface area contributed by atoms with Crippen LogP contribution >= 0.6 is 11.6 Å². The summed E-state index contributed by atoms with van der Waals surface area (Å²) in [5, 5.41) is 9.50. The molecule has 2 aromatic heterocycles. The van der Waals surface area contributed by atoms with E-state index in [1.54, 1.807) is 38.6 Å². The molecule has 2 atom stereocenters. The minimum absolute atomic E-state index is 0.0559. The lowest BCUT2D eigenvalue weighted by Gasteiger charge is -2.36. The van der Waals surface area contributed by atoms with E-state index in [2.05, 4.69) is 56.2 Å². The highest BCUT2D eigenvalue weighted by Gasteiger charge is 2.21. The van der Waals surface area contributed by atoms with Gasteiger partial charge in [0, 0.05) is 43.4 Å². The van der Waals surface area contributed by atoms with Gasteiger partial charge in [-0.25, -0.2) is 15.0 Å². The van der Waals surface area contributed by atoms with E-state index in [9.17, 15) is 4.79 Å². The van der Waals surface area contributed by atoms with Crippen LogP contribution in [0.25, 0.3) is 0 Å². The van der Waals surface area contributed by atoms with Crippen molar-refractivity contribution < 1.29 is 14.3 Å². The first kappa shape index (κ1) is 27.9. The highest BCUT2D eigenvalue weighted by atomic mass is 35.5. The van der Waals surface area contributed by atoms with E-state index in [4.69, 9.17) is 21.1 Å². The van der Waals surface area contributed by atoms with Gasteiger partial charge in [0.1, 0.15) is 18.2 Å². The Kier molecular flexibility index (Phi) is 9.87. The SMILES string of the molecule is C=C(OC)/C(Cl)=C(\C=C(/C)C(=O)NC)COc1cnc(Nc2ccc(N3C[C@@H](C)N[C@@H](C)C3)nc2)nc1. The topological polar surface area (TPSA) is 114 Å². The zero-order valence-corrected chi connectivity index (χ0v) is 22.6. The van der Waals surface area contributed by atoms with Crippen molar-refractivity contribution in [3.63, 3.8) is 0 Å². The van der Waals surface area contributed by atoms with Gasteiger partial charge in [-0.05, 0) is 39.0 Å².